The minimum Gasteiger partial charge on any atom is -0.345 e. The highest BCUT2D eigenvalue weighted by atomic mass is 32.2. The van der Waals surface area contributed by atoms with Crippen LogP contribution in [0.4, 0.5) is 0 Å². The molecule has 2 unspecified atom stereocenters. The molecule has 2 atom stereocenters. The number of nitrogens with zero attached hydrogens (tertiary/aromatic N) is 2. The lowest BCUT2D eigenvalue weighted by Gasteiger charge is -2.30. The standard InChI is InChI=1S/C21H30N2O2S/c1-4-18-20(25)23(21(26-18)17-11-9-15(2)10-12-17)14-6-13-22(3)19(24)16-7-5-8-16/h9-12,16,18,21H,4-8,13-14H2,1-3H3. The van der Waals surface area contributed by atoms with Crippen LogP contribution in [0.15, 0.2) is 24.3 Å². The number of carbonyl (C=O) groups is 2. The molecule has 1 aliphatic carbocycles. The van der Waals surface area contributed by atoms with Gasteiger partial charge in [0, 0.05) is 26.1 Å². The van der Waals surface area contributed by atoms with Crippen molar-refractivity contribution in [2.45, 2.75) is 56.6 Å². The van der Waals surface area contributed by atoms with Gasteiger partial charge in [0.2, 0.25) is 11.8 Å². The first-order valence-electron chi connectivity index (χ1n) is 9.78. The molecule has 0 N–H and O–H groups in total. The number of benzene rings is 1. The van der Waals surface area contributed by atoms with Gasteiger partial charge in [-0.2, -0.15) is 0 Å². The van der Waals surface area contributed by atoms with Gasteiger partial charge < -0.3 is 9.80 Å². The van der Waals surface area contributed by atoms with Crippen LogP contribution >= 0.6 is 11.8 Å². The Hall–Kier alpha value is -1.49. The highest BCUT2D eigenvalue weighted by molar-refractivity contribution is 8.01. The van der Waals surface area contributed by atoms with E-state index in [1.807, 2.05) is 16.8 Å². The lowest BCUT2D eigenvalue weighted by Crippen LogP contribution is -2.38. The van der Waals surface area contributed by atoms with E-state index in [2.05, 4.69) is 38.1 Å². The SMILES string of the molecule is CCC1SC(c2ccc(C)cc2)N(CCCN(C)C(=O)C2CCC2)C1=O. The monoisotopic (exact) mass is 374 g/mol. The van der Waals surface area contributed by atoms with Gasteiger partial charge in [0.1, 0.15) is 5.37 Å². The van der Waals surface area contributed by atoms with Crippen molar-refractivity contribution in [2.75, 3.05) is 20.1 Å². The van der Waals surface area contributed by atoms with Gasteiger partial charge in [-0.3, -0.25) is 9.59 Å². The summed E-state index contributed by atoms with van der Waals surface area (Å²) in [4.78, 5) is 28.9. The van der Waals surface area contributed by atoms with Gasteiger partial charge in [0.05, 0.1) is 5.25 Å². The van der Waals surface area contributed by atoms with Crippen LogP contribution in [0.5, 0.6) is 0 Å². The Morgan fingerprint density at radius 3 is 2.54 bits per heavy atom. The molecule has 26 heavy (non-hydrogen) atoms. The molecule has 5 heteroatoms. The molecule has 2 amide bonds. The number of aryl methyl sites for hydroxylation is 1. The minimum absolute atomic E-state index is 0.0515. The molecular formula is C21H30N2O2S. The summed E-state index contributed by atoms with van der Waals surface area (Å²) in [7, 11) is 1.90. The summed E-state index contributed by atoms with van der Waals surface area (Å²) in [6.45, 7) is 5.60. The van der Waals surface area contributed by atoms with Crippen LogP contribution in [-0.4, -0.2) is 47.0 Å². The molecule has 0 bridgehead atoms. The average Bonchev–Trinajstić information content (AvgIpc) is 2.90. The van der Waals surface area contributed by atoms with Crippen LogP contribution in [0.1, 0.15) is 55.5 Å². The maximum Gasteiger partial charge on any atom is 0.236 e. The molecule has 1 saturated carbocycles. The fraction of sp³-hybridized carbons (Fsp3) is 0.619. The van der Waals surface area contributed by atoms with Crippen molar-refractivity contribution < 1.29 is 9.59 Å². The van der Waals surface area contributed by atoms with Crippen LogP contribution in [0.2, 0.25) is 0 Å². The van der Waals surface area contributed by atoms with Crippen molar-refractivity contribution in [3.8, 4) is 0 Å². The number of rotatable bonds is 7. The summed E-state index contributed by atoms with van der Waals surface area (Å²) in [5.74, 6) is 0.768. The zero-order chi connectivity index (χ0) is 18.7. The molecule has 1 saturated heterocycles. The Kier molecular flexibility index (Phi) is 6.28. The quantitative estimate of drug-likeness (QED) is 0.724. The smallest absolute Gasteiger partial charge is 0.236 e. The Labute approximate surface area is 161 Å². The Balaban J connectivity index is 1.60. The van der Waals surface area contributed by atoms with Crippen LogP contribution in [0, 0.1) is 12.8 Å². The molecule has 2 aliphatic rings. The second-order valence-electron chi connectivity index (χ2n) is 7.57. The Morgan fingerprint density at radius 1 is 1.27 bits per heavy atom. The molecule has 0 spiro atoms. The number of thioether (sulfide) groups is 1. The van der Waals surface area contributed by atoms with E-state index in [9.17, 15) is 9.59 Å². The number of hydrogen-bond acceptors (Lipinski definition) is 3. The maximum absolute atomic E-state index is 12.8. The molecule has 3 rings (SSSR count). The first kappa shape index (κ1) is 19.3. The lowest BCUT2D eigenvalue weighted by molar-refractivity contribution is -0.136. The van der Waals surface area contributed by atoms with Crippen molar-refractivity contribution >= 4 is 23.6 Å². The maximum atomic E-state index is 12.8. The number of hydrogen-bond donors (Lipinski definition) is 0. The van der Waals surface area contributed by atoms with Gasteiger partial charge in [-0.25, -0.2) is 0 Å². The minimum atomic E-state index is 0.0515. The molecular weight excluding hydrogens is 344 g/mol. The number of carbonyl (C=O) groups excluding carboxylic acids is 2. The Morgan fingerprint density at radius 2 is 1.96 bits per heavy atom. The Bertz CT molecular complexity index is 642. The van der Waals surface area contributed by atoms with E-state index in [1.165, 1.54) is 17.5 Å². The largest absolute Gasteiger partial charge is 0.345 e. The van der Waals surface area contributed by atoms with E-state index in [1.54, 1.807) is 11.8 Å². The first-order valence-corrected chi connectivity index (χ1v) is 10.7. The molecule has 1 aromatic carbocycles. The van der Waals surface area contributed by atoms with Crippen LogP contribution in [-0.2, 0) is 9.59 Å². The predicted molar refractivity (Wildman–Crippen MR) is 107 cm³/mol. The first-order chi connectivity index (χ1) is 12.5. The lowest BCUT2D eigenvalue weighted by atomic mass is 9.84. The van der Waals surface area contributed by atoms with E-state index in [0.717, 1.165) is 32.2 Å². The molecule has 0 radical (unpaired) electrons. The van der Waals surface area contributed by atoms with Crippen molar-refractivity contribution in [2.24, 2.45) is 5.92 Å². The summed E-state index contributed by atoms with van der Waals surface area (Å²) in [6.07, 6.45) is 4.96. The highest BCUT2D eigenvalue weighted by Crippen LogP contribution is 2.44. The van der Waals surface area contributed by atoms with E-state index in [0.29, 0.717) is 6.54 Å². The normalized spacial score (nSPS) is 23.2. The van der Waals surface area contributed by atoms with E-state index in [4.69, 9.17) is 0 Å². The van der Waals surface area contributed by atoms with E-state index >= 15 is 0 Å². The van der Waals surface area contributed by atoms with Gasteiger partial charge in [-0.1, -0.05) is 43.2 Å². The fourth-order valence-electron chi connectivity index (χ4n) is 3.63. The van der Waals surface area contributed by atoms with Crippen LogP contribution in [0.25, 0.3) is 0 Å². The van der Waals surface area contributed by atoms with E-state index in [-0.39, 0.29) is 28.4 Å². The number of amides is 2. The third-order valence-electron chi connectivity index (χ3n) is 5.59. The molecule has 4 nitrogen and oxygen atoms in total. The van der Waals surface area contributed by atoms with Crippen molar-refractivity contribution in [3.63, 3.8) is 0 Å². The summed E-state index contributed by atoms with van der Waals surface area (Å²) < 4.78 is 0. The summed E-state index contributed by atoms with van der Waals surface area (Å²) >= 11 is 1.76. The third kappa shape index (κ3) is 4.08. The summed E-state index contributed by atoms with van der Waals surface area (Å²) in [5, 5.41) is 0.149. The molecule has 1 heterocycles. The second kappa shape index (κ2) is 8.47. The molecule has 2 fully saturated rings. The van der Waals surface area contributed by atoms with Gasteiger partial charge in [-0.15, -0.1) is 11.8 Å². The summed E-state index contributed by atoms with van der Waals surface area (Å²) in [6, 6.07) is 8.50. The predicted octanol–water partition coefficient (Wildman–Crippen LogP) is 4.00. The zero-order valence-electron chi connectivity index (χ0n) is 16.1. The van der Waals surface area contributed by atoms with E-state index < -0.39 is 0 Å². The second-order valence-corrected chi connectivity index (χ2v) is 8.86. The van der Waals surface area contributed by atoms with Gasteiger partial charge in [0.25, 0.3) is 0 Å². The highest BCUT2D eigenvalue weighted by Gasteiger charge is 2.39. The van der Waals surface area contributed by atoms with Gasteiger partial charge in [0.15, 0.2) is 0 Å². The zero-order valence-corrected chi connectivity index (χ0v) is 16.9. The van der Waals surface area contributed by atoms with Gasteiger partial charge >= 0.3 is 0 Å². The molecule has 0 aromatic heterocycles. The van der Waals surface area contributed by atoms with Crippen LogP contribution < -0.4 is 0 Å². The molecule has 1 aliphatic heterocycles. The average molecular weight is 375 g/mol. The van der Waals surface area contributed by atoms with Crippen molar-refractivity contribution in [1.29, 1.82) is 0 Å². The summed E-state index contributed by atoms with van der Waals surface area (Å²) in [5.41, 5.74) is 2.43. The van der Waals surface area contributed by atoms with Crippen molar-refractivity contribution in [3.05, 3.63) is 35.4 Å². The van der Waals surface area contributed by atoms with Crippen LogP contribution in [0.3, 0.4) is 0 Å². The fourth-order valence-corrected chi connectivity index (χ4v) is 5.06. The molecule has 1 aromatic rings. The van der Waals surface area contributed by atoms with Crippen molar-refractivity contribution in [1.82, 2.24) is 9.80 Å². The van der Waals surface area contributed by atoms with Gasteiger partial charge in [-0.05, 0) is 38.2 Å². The third-order valence-corrected chi connectivity index (χ3v) is 7.24. The topological polar surface area (TPSA) is 40.6 Å². The molecule has 142 valence electrons.